The molecule has 0 aliphatic carbocycles. The van der Waals surface area contributed by atoms with Gasteiger partial charge >= 0.3 is 0 Å². The Balaban J connectivity index is 0.00000225. The lowest BCUT2D eigenvalue weighted by Gasteiger charge is -2.44. The van der Waals surface area contributed by atoms with Crippen LogP contribution >= 0.6 is 24.0 Å². The number of aliphatic imine (C=N–C) groups is 1. The van der Waals surface area contributed by atoms with E-state index in [1.807, 2.05) is 0 Å². The van der Waals surface area contributed by atoms with E-state index in [-0.39, 0.29) is 29.5 Å². The average Bonchev–Trinajstić information content (AvgIpc) is 3.15. The predicted octanol–water partition coefficient (Wildman–Crippen LogP) is 2.95. The summed E-state index contributed by atoms with van der Waals surface area (Å²) in [6.45, 7) is 13.0. The summed E-state index contributed by atoms with van der Waals surface area (Å²) in [5.74, 6) is 1.91. The summed E-state index contributed by atoms with van der Waals surface area (Å²) in [5.41, 5.74) is 0.233. The van der Waals surface area contributed by atoms with E-state index in [0.717, 1.165) is 64.1 Å². The molecule has 146 valence electrons. The van der Waals surface area contributed by atoms with Crippen LogP contribution in [0.25, 0.3) is 0 Å². The van der Waals surface area contributed by atoms with Crippen molar-refractivity contribution in [1.29, 1.82) is 0 Å². The first-order valence-electron chi connectivity index (χ1n) is 10.1. The SMILES string of the molecule is CCNC(=NCC1(N2CCCC2)CCOCC1)N1CCCC(C)C1.I. The third-order valence-corrected chi connectivity index (χ3v) is 6.01. The molecule has 3 fully saturated rings. The maximum Gasteiger partial charge on any atom is 0.193 e. The van der Waals surface area contributed by atoms with Crippen LogP contribution < -0.4 is 5.32 Å². The first-order valence-corrected chi connectivity index (χ1v) is 10.1. The molecule has 25 heavy (non-hydrogen) atoms. The summed E-state index contributed by atoms with van der Waals surface area (Å²) in [7, 11) is 0. The quantitative estimate of drug-likeness (QED) is 0.395. The van der Waals surface area contributed by atoms with Gasteiger partial charge in [-0.1, -0.05) is 6.92 Å². The van der Waals surface area contributed by atoms with Crippen molar-refractivity contribution in [2.45, 2.75) is 57.9 Å². The Morgan fingerprint density at radius 1 is 1.16 bits per heavy atom. The van der Waals surface area contributed by atoms with E-state index in [4.69, 9.17) is 9.73 Å². The fourth-order valence-electron chi connectivity index (χ4n) is 4.55. The van der Waals surface area contributed by atoms with Crippen LogP contribution in [-0.2, 0) is 4.74 Å². The minimum absolute atomic E-state index is 0. The molecule has 0 bridgehead atoms. The van der Waals surface area contributed by atoms with Gasteiger partial charge in [0.15, 0.2) is 5.96 Å². The first kappa shape index (κ1) is 21.2. The average molecular weight is 464 g/mol. The molecule has 5 nitrogen and oxygen atoms in total. The van der Waals surface area contributed by atoms with E-state index in [9.17, 15) is 0 Å². The van der Waals surface area contributed by atoms with E-state index in [1.54, 1.807) is 0 Å². The minimum Gasteiger partial charge on any atom is -0.381 e. The lowest BCUT2D eigenvalue weighted by atomic mass is 9.88. The Labute approximate surface area is 171 Å². The molecular weight excluding hydrogens is 427 g/mol. The predicted molar refractivity (Wildman–Crippen MR) is 115 cm³/mol. The summed E-state index contributed by atoms with van der Waals surface area (Å²) in [6.07, 6.45) is 7.59. The van der Waals surface area contributed by atoms with Crippen molar-refractivity contribution in [3.8, 4) is 0 Å². The molecular formula is C19H37IN4O. The summed E-state index contributed by atoms with van der Waals surface area (Å²) in [5, 5.41) is 3.55. The van der Waals surface area contributed by atoms with Gasteiger partial charge in [0.25, 0.3) is 0 Å². The fraction of sp³-hybridized carbons (Fsp3) is 0.947. The van der Waals surface area contributed by atoms with E-state index in [1.165, 1.54) is 38.8 Å². The Morgan fingerprint density at radius 3 is 2.52 bits per heavy atom. The number of piperidine rings is 1. The fourth-order valence-corrected chi connectivity index (χ4v) is 4.55. The smallest absolute Gasteiger partial charge is 0.193 e. The van der Waals surface area contributed by atoms with E-state index in [2.05, 4.69) is 29.0 Å². The van der Waals surface area contributed by atoms with Gasteiger partial charge in [-0.05, 0) is 64.5 Å². The highest BCUT2D eigenvalue weighted by Crippen LogP contribution is 2.31. The van der Waals surface area contributed by atoms with Gasteiger partial charge in [0, 0.05) is 38.4 Å². The van der Waals surface area contributed by atoms with E-state index >= 15 is 0 Å². The largest absolute Gasteiger partial charge is 0.381 e. The summed E-state index contributed by atoms with van der Waals surface area (Å²) in [6, 6.07) is 0. The Bertz CT molecular complexity index is 420. The lowest BCUT2D eigenvalue weighted by molar-refractivity contribution is -0.0140. The zero-order valence-corrected chi connectivity index (χ0v) is 18.5. The molecule has 0 radical (unpaired) electrons. The maximum atomic E-state index is 5.67. The number of nitrogens with zero attached hydrogens (tertiary/aromatic N) is 3. The lowest BCUT2D eigenvalue weighted by Crippen LogP contribution is -2.54. The molecule has 1 N–H and O–H groups in total. The normalized spacial score (nSPS) is 27.8. The summed E-state index contributed by atoms with van der Waals surface area (Å²) < 4.78 is 5.67. The first-order chi connectivity index (χ1) is 11.7. The number of nitrogens with one attached hydrogen (secondary N) is 1. The Morgan fingerprint density at radius 2 is 1.88 bits per heavy atom. The number of guanidine groups is 1. The maximum absolute atomic E-state index is 5.67. The monoisotopic (exact) mass is 464 g/mol. The molecule has 0 aromatic rings. The molecule has 1 atom stereocenters. The second kappa shape index (κ2) is 10.3. The third kappa shape index (κ3) is 5.45. The van der Waals surface area contributed by atoms with Gasteiger partial charge in [-0.15, -0.1) is 24.0 Å². The topological polar surface area (TPSA) is 40.1 Å². The van der Waals surface area contributed by atoms with Crippen LogP contribution in [0.2, 0.25) is 0 Å². The van der Waals surface area contributed by atoms with Crippen LogP contribution in [0.15, 0.2) is 4.99 Å². The highest BCUT2D eigenvalue weighted by atomic mass is 127. The van der Waals surface area contributed by atoms with Crippen molar-refractivity contribution >= 4 is 29.9 Å². The van der Waals surface area contributed by atoms with Gasteiger partial charge in [-0.3, -0.25) is 9.89 Å². The number of ether oxygens (including phenoxy) is 1. The number of halogens is 1. The molecule has 1 unspecified atom stereocenters. The second-order valence-electron chi connectivity index (χ2n) is 7.89. The van der Waals surface area contributed by atoms with Gasteiger partial charge < -0.3 is 15.0 Å². The zero-order valence-electron chi connectivity index (χ0n) is 16.1. The van der Waals surface area contributed by atoms with Crippen molar-refractivity contribution in [3.63, 3.8) is 0 Å². The van der Waals surface area contributed by atoms with Crippen molar-refractivity contribution in [3.05, 3.63) is 0 Å². The van der Waals surface area contributed by atoms with Crippen molar-refractivity contribution in [1.82, 2.24) is 15.1 Å². The van der Waals surface area contributed by atoms with Crippen LogP contribution in [0.4, 0.5) is 0 Å². The molecule has 0 saturated carbocycles. The number of likely N-dealkylation sites (tertiary alicyclic amines) is 2. The highest BCUT2D eigenvalue weighted by molar-refractivity contribution is 14.0. The Hall–Kier alpha value is -0.0800. The molecule has 0 spiro atoms. The van der Waals surface area contributed by atoms with E-state index in [0.29, 0.717) is 0 Å². The van der Waals surface area contributed by atoms with Crippen LogP contribution in [0.3, 0.4) is 0 Å². The Kier molecular flexibility index (Phi) is 8.75. The van der Waals surface area contributed by atoms with Crippen LogP contribution in [0.1, 0.15) is 52.4 Å². The van der Waals surface area contributed by atoms with Crippen molar-refractivity contribution in [2.75, 3.05) is 52.5 Å². The molecule has 3 aliphatic rings. The van der Waals surface area contributed by atoms with Crippen LogP contribution in [0, 0.1) is 5.92 Å². The minimum atomic E-state index is 0. The van der Waals surface area contributed by atoms with Gasteiger partial charge in [0.05, 0.1) is 6.54 Å². The van der Waals surface area contributed by atoms with Gasteiger partial charge in [0.1, 0.15) is 0 Å². The highest BCUT2D eigenvalue weighted by Gasteiger charge is 2.39. The standard InChI is InChI=1S/C19H36N4O.HI/c1-3-20-18(22-10-6-7-17(2)15-22)21-16-19(8-13-24-14-9-19)23-11-4-5-12-23;/h17H,3-16H2,1-2H3,(H,20,21);1H. The molecule has 0 aromatic heterocycles. The molecule has 3 rings (SSSR count). The van der Waals surface area contributed by atoms with Gasteiger partial charge in [-0.2, -0.15) is 0 Å². The molecule has 3 aliphatic heterocycles. The molecule has 3 saturated heterocycles. The van der Waals surface area contributed by atoms with Crippen LogP contribution in [0.5, 0.6) is 0 Å². The molecule has 6 heteroatoms. The molecule has 0 amide bonds. The summed E-state index contributed by atoms with van der Waals surface area (Å²) >= 11 is 0. The van der Waals surface area contributed by atoms with Gasteiger partial charge in [0.2, 0.25) is 0 Å². The second-order valence-corrected chi connectivity index (χ2v) is 7.89. The third-order valence-electron chi connectivity index (χ3n) is 6.01. The van der Waals surface area contributed by atoms with Crippen molar-refractivity contribution < 1.29 is 4.74 Å². The zero-order chi connectivity index (χ0) is 16.8. The molecule has 0 aromatic carbocycles. The van der Waals surface area contributed by atoms with E-state index < -0.39 is 0 Å². The number of hydrogen-bond acceptors (Lipinski definition) is 3. The summed E-state index contributed by atoms with van der Waals surface area (Å²) in [4.78, 5) is 10.3. The number of hydrogen-bond donors (Lipinski definition) is 1. The van der Waals surface area contributed by atoms with Crippen molar-refractivity contribution in [2.24, 2.45) is 10.9 Å². The number of rotatable bonds is 4. The van der Waals surface area contributed by atoms with Crippen LogP contribution in [-0.4, -0.2) is 73.8 Å². The van der Waals surface area contributed by atoms with Gasteiger partial charge in [-0.25, -0.2) is 0 Å². The molecule has 3 heterocycles.